The SMILES string of the molecule is COCCOc1cccc(CNC(=O)CCc2nc(-c3ccc(OC)cc3)no2)c1. The molecule has 2 aromatic carbocycles. The van der Waals surface area contributed by atoms with Gasteiger partial charge >= 0.3 is 0 Å². The summed E-state index contributed by atoms with van der Waals surface area (Å²) < 4.78 is 20.9. The number of aryl methyl sites for hydroxylation is 1. The molecule has 0 saturated heterocycles. The first-order chi connectivity index (χ1) is 14.7. The summed E-state index contributed by atoms with van der Waals surface area (Å²) in [4.78, 5) is 16.5. The molecule has 158 valence electrons. The van der Waals surface area contributed by atoms with Crippen LogP contribution in [0.15, 0.2) is 53.1 Å². The highest BCUT2D eigenvalue weighted by Crippen LogP contribution is 2.20. The van der Waals surface area contributed by atoms with Crippen LogP contribution in [0.25, 0.3) is 11.4 Å². The van der Waals surface area contributed by atoms with Crippen molar-refractivity contribution < 1.29 is 23.5 Å². The molecule has 0 atom stereocenters. The summed E-state index contributed by atoms with van der Waals surface area (Å²) in [6.07, 6.45) is 0.628. The number of nitrogens with one attached hydrogen (secondary N) is 1. The first-order valence-corrected chi connectivity index (χ1v) is 9.62. The molecule has 0 aliphatic carbocycles. The predicted molar refractivity (Wildman–Crippen MR) is 110 cm³/mol. The lowest BCUT2D eigenvalue weighted by Gasteiger charge is -2.08. The van der Waals surface area contributed by atoms with Crippen LogP contribution in [0.5, 0.6) is 11.5 Å². The Hall–Kier alpha value is -3.39. The number of aromatic nitrogens is 2. The Kier molecular flexibility index (Phi) is 7.79. The third kappa shape index (κ3) is 6.31. The molecular formula is C22H25N3O5. The Morgan fingerprint density at radius 1 is 1.07 bits per heavy atom. The maximum Gasteiger partial charge on any atom is 0.227 e. The Labute approximate surface area is 175 Å². The van der Waals surface area contributed by atoms with Gasteiger partial charge in [-0.3, -0.25) is 4.79 Å². The van der Waals surface area contributed by atoms with Crippen molar-refractivity contribution in [3.05, 3.63) is 60.0 Å². The van der Waals surface area contributed by atoms with Gasteiger partial charge in [0.15, 0.2) is 0 Å². The average molecular weight is 411 g/mol. The molecule has 3 aromatic rings. The molecule has 30 heavy (non-hydrogen) atoms. The van der Waals surface area contributed by atoms with E-state index in [1.165, 1.54) is 0 Å². The van der Waals surface area contributed by atoms with Crippen LogP contribution in [-0.4, -0.2) is 43.5 Å². The van der Waals surface area contributed by atoms with Gasteiger partial charge in [0, 0.05) is 32.1 Å². The van der Waals surface area contributed by atoms with Crippen molar-refractivity contribution in [3.8, 4) is 22.9 Å². The number of nitrogens with zero attached hydrogens (tertiary/aromatic N) is 2. The highest BCUT2D eigenvalue weighted by molar-refractivity contribution is 5.76. The van der Waals surface area contributed by atoms with Gasteiger partial charge in [0.05, 0.1) is 13.7 Å². The van der Waals surface area contributed by atoms with Gasteiger partial charge in [0.2, 0.25) is 17.6 Å². The molecule has 1 heterocycles. The first kappa shape index (κ1) is 21.3. The van der Waals surface area contributed by atoms with Gasteiger partial charge in [0.25, 0.3) is 0 Å². The Morgan fingerprint density at radius 2 is 1.90 bits per heavy atom. The zero-order chi connectivity index (χ0) is 21.2. The van der Waals surface area contributed by atoms with Crippen molar-refractivity contribution in [2.24, 2.45) is 0 Å². The molecule has 0 aliphatic rings. The van der Waals surface area contributed by atoms with Crippen molar-refractivity contribution in [2.75, 3.05) is 27.4 Å². The molecule has 0 saturated carbocycles. The van der Waals surface area contributed by atoms with Crippen LogP contribution >= 0.6 is 0 Å². The molecule has 8 heteroatoms. The molecule has 0 unspecified atom stereocenters. The van der Waals surface area contributed by atoms with Gasteiger partial charge in [-0.05, 0) is 42.0 Å². The van der Waals surface area contributed by atoms with Crippen LogP contribution in [0.2, 0.25) is 0 Å². The van der Waals surface area contributed by atoms with E-state index in [0.717, 1.165) is 22.6 Å². The van der Waals surface area contributed by atoms with Gasteiger partial charge in [-0.2, -0.15) is 4.98 Å². The van der Waals surface area contributed by atoms with Crippen molar-refractivity contribution in [1.82, 2.24) is 15.5 Å². The molecule has 1 aromatic heterocycles. The van der Waals surface area contributed by atoms with E-state index < -0.39 is 0 Å². The molecule has 0 fully saturated rings. The second kappa shape index (κ2) is 11.0. The van der Waals surface area contributed by atoms with E-state index >= 15 is 0 Å². The number of benzene rings is 2. The van der Waals surface area contributed by atoms with Crippen molar-refractivity contribution in [2.45, 2.75) is 19.4 Å². The van der Waals surface area contributed by atoms with E-state index in [0.29, 0.717) is 37.9 Å². The fourth-order valence-electron chi connectivity index (χ4n) is 2.71. The number of methoxy groups -OCH3 is 2. The first-order valence-electron chi connectivity index (χ1n) is 9.62. The van der Waals surface area contributed by atoms with Crippen molar-refractivity contribution >= 4 is 5.91 Å². The maximum absolute atomic E-state index is 12.2. The highest BCUT2D eigenvalue weighted by atomic mass is 16.5. The Balaban J connectivity index is 1.45. The summed E-state index contributed by atoms with van der Waals surface area (Å²) in [5.41, 5.74) is 1.78. The third-order valence-corrected chi connectivity index (χ3v) is 4.33. The minimum Gasteiger partial charge on any atom is -0.497 e. The summed E-state index contributed by atoms with van der Waals surface area (Å²) in [5.74, 6) is 2.31. The summed E-state index contributed by atoms with van der Waals surface area (Å²) in [7, 11) is 3.24. The lowest BCUT2D eigenvalue weighted by atomic mass is 10.2. The lowest BCUT2D eigenvalue weighted by Crippen LogP contribution is -2.23. The van der Waals surface area contributed by atoms with Crippen molar-refractivity contribution in [1.29, 1.82) is 0 Å². The summed E-state index contributed by atoms with van der Waals surface area (Å²) >= 11 is 0. The zero-order valence-corrected chi connectivity index (χ0v) is 17.1. The van der Waals surface area contributed by atoms with E-state index in [4.69, 9.17) is 18.7 Å². The minimum absolute atomic E-state index is 0.0927. The van der Waals surface area contributed by atoms with Crippen LogP contribution in [0.4, 0.5) is 0 Å². The van der Waals surface area contributed by atoms with Gasteiger partial charge in [-0.1, -0.05) is 17.3 Å². The monoisotopic (exact) mass is 411 g/mol. The largest absolute Gasteiger partial charge is 0.497 e. The van der Waals surface area contributed by atoms with Crippen LogP contribution < -0.4 is 14.8 Å². The zero-order valence-electron chi connectivity index (χ0n) is 17.1. The molecule has 0 bridgehead atoms. The van der Waals surface area contributed by atoms with Crippen molar-refractivity contribution in [3.63, 3.8) is 0 Å². The summed E-state index contributed by atoms with van der Waals surface area (Å²) in [5, 5.41) is 6.86. The van der Waals surface area contributed by atoms with Crippen LogP contribution in [0, 0.1) is 0 Å². The second-order valence-corrected chi connectivity index (χ2v) is 6.51. The maximum atomic E-state index is 12.2. The quantitative estimate of drug-likeness (QED) is 0.485. The fourth-order valence-corrected chi connectivity index (χ4v) is 2.71. The Bertz CT molecular complexity index is 940. The minimum atomic E-state index is -0.0927. The van der Waals surface area contributed by atoms with Crippen LogP contribution in [-0.2, 0) is 22.5 Å². The standard InChI is InChI=1S/C22H25N3O5/c1-27-12-13-29-19-5-3-4-16(14-19)15-23-20(26)10-11-21-24-22(25-30-21)17-6-8-18(28-2)9-7-17/h3-9,14H,10-13,15H2,1-2H3,(H,23,26). The normalized spacial score (nSPS) is 10.6. The van der Waals surface area contributed by atoms with E-state index in [9.17, 15) is 4.79 Å². The van der Waals surface area contributed by atoms with E-state index in [2.05, 4.69) is 15.5 Å². The molecule has 8 nitrogen and oxygen atoms in total. The average Bonchev–Trinajstić information content (AvgIpc) is 3.26. The molecule has 3 rings (SSSR count). The number of carbonyl (C=O) groups is 1. The molecule has 1 N–H and O–H groups in total. The second-order valence-electron chi connectivity index (χ2n) is 6.51. The molecular weight excluding hydrogens is 386 g/mol. The number of ether oxygens (including phenoxy) is 3. The predicted octanol–water partition coefficient (Wildman–Crippen LogP) is 3.02. The number of carbonyl (C=O) groups excluding carboxylic acids is 1. The lowest BCUT2D eigenvalue weighted by molar-refractivity contribution is -0.121. The molecule has 0 radical (unpaired) electrons. The highest BCUT2D eigenvalue weighted by Gasteiger charge is 2.11. The van der Waals surface area contributed by atoms with Crippen LogP contribution in [0.1, 0.15) is 17.9 Å². The van der Waals surface area contributed by atoms with E-state index in [1.807, 2.05) is 48.5 Å². The number of hydrogen-bond donors (Lipinski definition) is 1. The summed E-state index contributed by atoms with van der Waals surface area (Å²) in [6, 6.07) is 15.0. The van der Waals surface area contributed by atoms with E-state index in [1.54, 1.807) is 14.2 Å². The molecule has 0 aliphatic heterocycles. The summed E-state index contributed by atoms with van der Waals surface area (Å²) in [6.45, 7) is 1.42. The van der Waals surface area contributed by atoms with Gasteiger partial charge in [-0.15, -0.1) is 0 Å². The molecule has 0 spiro atoms. The smallest absolute Gasteiger partial charge is 0.227 e. The van der Waals surface area contributed by atoms with Gasteiger partial charge < -0.3 is 24.1 Å². The number of rotatable bonds is 11. The number of amides is 1. The van der Waals surface area contributed by atoms with Gasteiger partial charge in [0.1, 0.15) is 18.1 Å². The molecule has 1 amide bonds. The number of hydrogen-bond acceptors (Lipinski definition) is 7. The topological polar surface area (TPSA) is 95.7 Å². The van der Waals surface area contributed by atoms with Gasteiger partial charge in [-0.25, -0.2) is 0 Å². The van der Waals surface area contributed by atoms with E-state index in [-0.39, 0.29) is 12.3 Å². The fraction of sp³-hybridized carbons (Fsp3) is 0.318. The van der Waals surface area contributed by atoms with Crippen LogP contribution in [0.3, 0.4) is 0 Å². The third-order valence-electron chi connectivity index (χ3n) is 4.33. The Morgan fingerprint density at radius 3 is 2.67 bits per heavy atom.